The second kappa shape index (κ2) is 5.60. The Bertz CT molecular complexity index is 480. The van der Waals surface area contributed by atoms with Crippen LogP contribution in [0.25, 0.3) is 0 Å². The Labute approximate surface area is 121 Å². The third kappa shape index (κ3) is 2.16. The zero-order valence-electron chi connectivity index (χ0n) is 13.1. The van der Waals surface area contributed by atoms with Gasteiger partial charge in [0.05, 0.1) is 11.5 Å². The van der Waals surface area contributed by atoms with Gasteiger partial charge in [-0.3, -0.25) is 4.79 Å². The molecule has 1 aliphatic rings. The van der Waals surface area contributed by atoms with Gasteiger partial charge in [-0.1, -0.05) is 13.8 Å². The quantitative estimate of drug-likeness (QED) is 0.919. The Morgan fingerprint density at radius 2 is 2.00 bits per heavy atom. The Kier molecular flexibility index (Phi) is 4.23. The van der Waals surface area contributed by atoms with E-state index in [9.17, 15) is 4.79 Å². The molecule has 1 atom stereocenters. The minimum Gasteiger partial charge on any atom is -0.345 e. The molecule has 4 nitrogen and oxygen atoms in total. The standard InChI is InChI=1S/C16H27N3O/c1-5-16(6-2,11-17)15(20)19-10-9-18-12(3)7-8-14(18)13(19)4/h7-8,13H,5-6,9-11,17H2,1-4H3. The Hall–Kier alpha value is -1.29. The van der Waals surface area contributed by atoms with Crippen LogP contribution in [0.1, 0.15) is 51.0 Å². The van der Waals surface area contributed by atoms with Crippen molar-refractivity contribution in [1.82, 2.24) is 9.47 Å². The average Bonchev–Trinajstić information content (AvgIpc) is 2.84. The number of rotatable bonds is 4. The van der Waals surface area contributed by atoms with Crippen molar-refractivity contribution >= 4 is 5.91 Å². The summed E-state index contributed by atoms with van der Waals surface area (Å²) < 4.78 is 2.32. The van der Waals surface area contributed by atoms with Crippen LogP contribution in [0.5, 0.6) is 0 Å². The van der Waals surface area contributed by atoms with Crippen LogP contribution in [-0.2, 0) is 11.3 Å². The maximum absolute atomic E-state index is 13.0. The van der Waals surface area contributed by atoms with E-state index in [1.165, 1.54) is 11.4 Å². The number of nitrogens with two attached hydrogens (primary N) is 1. The highest BCUT2D eigenvalue weighted by Gasteiger charge is 2.40. The molecule has 0 aromatic carbocycles. The number of carbonyl (C=O) groups excluding carboxylic acids is 1. The highest BCUT2D eigenvalue weighted by Crippen LogP contribution is 2.34. The van der Waals surface area contributed by atoms with E-state index in [1.807, 2.05) is 4.90 Å². The molecule has 0 fully saturated rings. The van der Waals surface area contributed by atoms with Crippen LogP contribution in [0.4, 0.5) is 0 Å². The molecule has 0 aliphatic carbocycles. The second-order valence-corrected chi connectivity index (χ2v) is 5.92. The van der Waals surface area contributed by atoms with Crippen molar-refractivity contribution in [2.24, 2.45) is 11.1 Å². The molecule has 2 N–H and O–H groups in total. The van der Waals surface area contributed by atoms with Gasteiger partial charge >= 0.3 is 0 Å². The first kappa shape index (κ1) is 15.1. The molecule has 20 heavy (non-hydrogen) atoms. The van der Waals surface area contributed by atoms with Crippen LogP contribution in [-0.4, -0.2) is 28.5 Å². The van der Waals surface area contributed by atoms with E-state index in [-0.39, 0.29) is 11.9 Å². The van der Waals surface area contributed by atoms with Gasteiger partial charge in [0.2, 0.25) is 5.91 Å². The van der Waals surface area contributed by atoms with Crippen molar-refractivity contribution in [3.8, 4) is 0 Å². The summed E-state index contributed by atoms with van der Waals surface area (Å²) in [5.41, 5.74) is 8.05. The molecular weight excluding hydrogens is 250 g/mol. The molecule has 1 aromatic rings. The molecule has 0 radical (unpaired) electrons. The first-order valence-corrected chi connectivity index (χ1v) is 7.68. The molecule has 1 aliphatic heterocycles. The fourth-order valence-electron chi connectivity index (χ4n) is 3.33. The van der Waals surface area contributed by atoms with Crippen molar-refractivity contribution < 1.29 is 4.79 Å². The Morgan fingerprint density at radius 1 is 1.35 bits per heavy atom. The maximum Gasteiger partial charge on any atom is 0.230 e. The Balaban J connectivity index is 2.29. The normalized spacial score (nSPS) is 19.1. The molecule has 2 heterocycles. The number of carbonyl (C=O) groups is 1. The van der Waals surface area contributed by atoms with E-state index in [0.717, 1.165) is 25.9 Å². The van der Waals surface area contributed by atoms with Gasteiger partial charge in [0.1, 0.15) is 0 Å². The van der Waals surface area contributed by atoms with Gasteiger partial charge in [0.15, 0.2) is 0 Å². The van der Waals surface area contributed by atoms with Crippen molar-refractivity contribution in [2.45, 2.75) is 53.1 Å². The predicted molar refractivity (Wildman–Crippen MR) is 81.4 cm³/mol. The molecular formula is C16H27N3O. The van der Waals surface area contributed by atoms with Gasteiger partial charge in [0.25, 0.3) is 0 Å². The molecule has 0 bridgehead atoms. The number of aryl methyl sites for hydroxylation is 1. The van der Waals surface area contributed by atoms with Crippen molar-refractivity contribution in [2.75, 3.05) is 13.1 Å². The van der Waals surface area contributed by atoms with Gasteiger partial charge in [-0.05, 0) is 38.8 Å². The van der Waals surface area contributed by atoms with Crippen LogP contribution in [0, 0.1) is 12.3 Å². The third-order valence-electron chi connectivity index (χ3n) is 5.15. The summed E-state index contributed by atoms with van der Waals surface area (Å²) >= 11 is 0. The summed E-state index contributed by atoms with van der Waals surface area (Å²) in [5, 5.41) is 0. The predicted octanol–water partition coefficient (Wildman–Crippen LogP) is 2.46. The zero-order chi connectivity index (χ0) is 14.9. The lowest BCUT2D eigenvalue weighted by atomic mass is 9.80. The SMILES string of the molecule is CCC(CC)(CN)C(=O)N1CCn2c(C)ccc2C1C. The minimum atomic E-state index is -0.391. The number of nitrogens with zero attached hydrogens (tertiary/aromatic N) is 2. The molecule has 2 rings (SSSR count). The number of fused-ring (bicyclic) bond motifs is 1. The third-order valence-corrected chi connectivity index (χ3v) is 5.15. The summed E-state index contributed by atoms with van der Waals surface area (Å²) in [4.78, 5) is 15.0. The van der Waals surface area contributed by atoms with Crippen LogP contribution in [0.3, 0.4) is 0 Å². The molecule has 0 saturated carbocycles. The van der Waals surface area contributed by atoms with Gasteiger partial charge < -0.3 is 15.2 Å². The van der Waals surface area contributed by atoms with Gasteiger partial charge in [-0.2, -0.15) is 0 Å². The fraction of sp³-hybridized carbons (Fsp3) is 0.688. The minimum absolute atomic E-state index is 0.133. The lowest BCUT2D eigenvalue weighted by molar-refractivity contribution is -0.145. The van der Waals surface area contributed by atoms with Gasteiger partial charge in [-0.25, -0.2) is 0 Å². The lowest BCUT2D eigenvalue weighted by Gasteiger charge is -2.41. The number of aromatic nitrogens is 1. The average molecular weight is 277 g/mol. The molecule has 1 aromatic heterocycles. The number of hydrogen-bond acceptors (Lipinski definition) is 2. The summed E-state index contributed by atoms with van der Waals surface area (Å²) in [5.74, 6) is 0.225. The van der Waals surface area contributed by atoms with E-state index < -0.39 is 5.41 Å². The largest absolute Gasteiger partial charge is 0.345 e. The molecule has 4 heteroatoms. The van der Waals surface area contributed by atoms with Crippen molar-refractivity contribution in [3.63, 3.8) is 0 Å². The van der Waals surface area contributed by atoms with Crippen LogP contribution < -0.4 is 5.73 Å². The van der Waals surface area contributed by atoms with E-state index in [1.54, 1.807) is 0 Å². The molecule has 0 saturated heterocycles. The van der Waals surface area contributed by atoms with E-state index in [4.69, 9.17) is 5.73 Å². The maximum atomic E-state index is 13.0. The topological polar surface area (TPSA) is 51.3 Å². The Morgan fingerprint density at radius 3 is 2.55 bits per heavy atom. The molecule has 1 unspecified atom stereocenters. The molecule has 0 spiro atoms. The first-order valence-electron chi connectivity index (χ1n) is 7.68. The second-order valence-electron chi connectivity index (χ2n) is 5.92. The number of amides is 1. The smallest absolute Gasteiger partial charge is 0.230 e. The van der Waals surface area contributed by atoms with Crippen molar-refractivity contribution in [3.05, 3.63) is 23.5 Å². The van der Waals surface area contributed by atoms with Crippen molar-refractivity contribution in [1.29, 1.82) is 0 Å². The van der Waals surface area contributed by atoms with E-state index in [0.29, 0.717) is 6.54 Å². The van der Waals surface area contributed by atoms with E-state index >= 15 is 0 Å². The summed E-state index contributed by atoms with van der Waals surface area (Å²) in [6.45, 7) is 10.5. The van der Waals surface area contributed by atoms with Gasteiger partial charge in [-0.15, -0.1) is 0 Å². The molecule has 1 amide bonds. The van der Waals surface area contributed by atoms with E-state index in [2.05, 4.69) is 44.4 Å². The summed E-state index contributed by atoms with van der Waals surface area (Å²) in [6.07, 6.45) is 1.62. The first-order chi connectivity index (χ1) is 9.50. The summed E-state index contributed by atoms with van der Waals surface area (Å²) in [6, 6.07) is 4.41. The summed E-state index contributed by atoms with van der Waals surface area (Å²) in [7, 11) is 0. The van der Waals surface area contributed by atoms with Crippen LogP contribution in [0.15, 0.2) is 12.1 Å². The fourth-order valence-corrected chi connectivity index (χ4v) is 3.33. The van der Waals surface area contributed by atoms with Crippen LogP contribution in [0.2, 0.25) is 0 Å². The highest BCUT2D eigenvalue weighted by molar-refractivity contribution is 5.83. The number of hydrogen-bond donors (Lipinski definition) is 1. The monoisotopic (exact) mass is 277 g/mol. The van der Waals surface area contributed by atoms with Crippen LogP contribution >= 0.6 is 0 Å². The van der Waals surface area contributed by atoms with Gasteiger partial charge in [0, 0.05) is 31.0 Å². The zero-order valence-corrected chi connectivity index (χ0v) is 13.1. The lowest BCUT2D eigenvalue weighted by Crippen LogP contribution is -2.51. The highest BCUT2D eigenvalue weighted by atomic mass is 16.2. The molecule has 112 valence electrons.